The van der Waals surface area contributed by atoms with Gasteiger partial charge in [-0.05, 0) is 43.7 Å². The first-order chi connectivity index (χ1) is 10.9. The second-order valence-electron chi connectivity index (χ2n) is 6.64. The van der Waals surface area contributed by atoms with Gasteiger partial charge in [0.15, 0.2) is 0 Å². The summed E-state index contributed by atoms with van der Waals surface area (Å²) in [4.78, 5) is 14.2. The van der Waals surface area contributed by atoms with Gasteiger partial charge < -0.3 is 4.90 Å². The third kappa shape index (κ3) is 3.02. The largest absolute Gasteiger partial charge is 0.342 e. The van der Waals surface area contributed by atoms with Crippen LogP contribution in [-0.4, -0.2) is 49.7 Å². The average molecular weight is 336 g/mol. The van der Waals surface area contributed by atoms with Crippen LogP contribution in [0.3, 0.4) is 0 Å². The van der Waals surface area contributed by atoms with Crippen molar-refractivity contribution in [2.24, 2.45) is 5.92 Å². The van der Waals surface area contributed by atoms with E-state index in [1.807, 2.05) is 31.0 Å². The van der Waals surface area contributed by atoms with Gasteiger partial charge in [-0.3, -0.25) is 4.79 Å². The van der Waals surface area contributed by atoms with Crippen molar-refractivity contribution < 1.29 is 13.2 Å². The van der Waals surface area contributed by atoms with Crippen LogP contribution in [-0.2, 0) is 14.8 Å². The first kappa shape index (κ1) is 16.5. The van der Waals surface area contributed by atoms with Gasteiger partial charge in [-0.2, -0.15) is 4.31 Å². The van der Waals surface area contributed by atoms with Crippen molar-refractivity contribution in [1.29, 1.82) is 0 Å². The summed E-state index contributed by atoms with van der Waals surface area (Å²) in [5.74, 6) is 0.423. The third-order valence-corrected chi connectivity index (χ3v) is 7.25. The number of rotatable bonds is 2. The van der Waals surface area contributed by atoms with Crippen LogP contribution in [0.5, 0.6) is 0 Å². The Morgan fingerprint density at radius 3 is 2.65 bits per heavy atom. The van der Waals surface area contributed by atoms with Crippen LogP contribution in [0, 0.1) is 12.8 Å². The summed E-state index contributed by atoms with van der Waals surface area (Å²) >= 11 is 0. The van der Waals surface area contributed by atoms with Gasteiger partial charge in [-0.1, -0.05) is 18.2 Å². The van der Waals surface area contributed by atoms with Crippen LogP contribution >= 0.6 is 0 Å². The molecule has 1 aromatic carbocycles. The standard InChI is InChI=1S/C17H24N2O3S/c1-13-6-3-4-8-16(13)23(21,22)19-11-10-15-14(12-19)7-5-9-17(20)18(15)2/h3-4,6,8,14-15H,5,7,9-12H2,1-2H3/t14-,15+/m0/s1. The molecular weight excluding hydrogens is 312 g/mol. The quantitative estimate of drug-likeness (QED) is 0.830. The lowest BCUT2D eigenvalue weighted by Gasteiger charge is -2.40. The molecule has 1 amide bonds. The molecule has 0 unspecified atom stereocenters. The fraction of sp³-hybridized carbons (Fsp3) is 0.588. The van der Waals surface area contributed by atoms with Gasteiger partial charge in [-0.15, -0.1) is 0 Å². The molecule has 2 atom stereocenters. The monoisotopic (exact) mass is 336 g/mol. The number of hydrogen-bond donors (Lipinski definition) is 0. The Morgan fingerprint density at radius 2 is 1.91 bits per heavy atom. The number of aryl methyl sites for hydroxylation is 1. The van der Waals surface area contributed by atoms with E-state index in [0.717, 1.165) is 24.8 Å². The summed E-state index contributed by atoms with van der Waals surface area (Å²) < 4.78 is 27.5. The second kappa shape index (κ2) is 6.24. The smallest absolute Gasteiger partial charge is 0.243 e. The lowest BCUT2D eigenvalue weighted by molar-refractivity contribution is -0.132. The number of nitrogens with zero attached hydrogens (tertiary/aromatic N) is 2. The second-order valence-corrected chi connectivity index (χ2v) is 8.55. The van der Waals surface area contributed by atoms with E-state index in [-0.39, 0.29) is 17.9 Å². The Balaban J connectivity index is 1.84. The molecule has 0 aliphatic carbocycles. The van der Waals surface area contributed by atoms with Crippen LogP contribution in [0.2, 0.25) is 0 Å². The summed E-state index contributed by atoms with van der Waals surface area (Å²) in [5, 5.41) is 0. The summed E-state index contributed by atoms with van der Waals surface area (Å²) in [6, 6.07) is 7.31. The molecule has 126 valence electrons. The highest BCUT2D eigenvalue weighted by atomic mass is 32.2. The number of carbonyl (C=O) groups is 1. The molecule has 0 radical (unpaired) electrons. The predicted octanol–water partition coefficient (Wildman–Crippen LogP) is 2.02. The van der Waals surface area contributed by atoms with Gasteiger partial charge in [0.05, 0.1) is 4.90 Å². The van der Waals surface area contributed by atoms with Gasteiger partial charge in [0.2, 0.25) is 15.9 Å². The van der Waals surface area contributed by atoms with Crippen molar-refractivity contribution in [3.05, 3.63) is 29.8 Å². The van der Waals surface area contributed by atoms with E-state index >= 15 is 0 Å². The summed E-state index contributed by atoms with van der Waals surface area (Å²) in [6.45, 7) is 2.83. The van der Waals surface area contributed by atoms with Crippen LogP contribution in [0.15, 0.2) is 29.2 Å². The van der Waals surface area contributed by atoms with Crippen molar-refractivity contribution >= 4 is 15.9 Å². The maximum absolute atomic E-state index is 13.0. The molecule has 2 heterocycles. The van der Waals surface area contributed by atoms with Gasteiger partial charge in [0.1, 0.15) is 0 Å². The molecule has 2 fully saturated rings. The number of likely N-dealkylation sites (tertiary alicyclic amines) is 1. The van der Waals surface area contributed by atoms with E-state index in [1.165, 1.54) is 0 Å². The first-order valence-corrected chi connectivity index (χ1v) is 9.66. The molecule has 0 bridgehead atoms. The van der Waals surface area contributed by atoms with Crippen LogP contribution < -0.4 is 0 Å². The molecule has 0 aromatic heterocycles. The molecule has 0 saturated carbocycles. The van der Waals surface area contributed by atoms with Gasteiger partial charge in [-0.25, -0.2) is 8.42 Å². The number of benzene rings is 1. The van der Waals surface area contributed by atoms with Gasteiger partial charge >= 0.3 is 0 Å². The lowest BCUT2D eigenvalue weighted by atomic mass is 9.89. The van der Waals surface area contributed by atoms with E-state index in [9.17, 15) is 13.2 Å². The Kier molecular flexibility index (Phi) is 4.47. The van der Waals surface area contributed by atoms with Crippen LogP contribution in [0.25, 0.3) is 0 Å². The molecule has 3 rings (SSSR count). The number of fused-ring (bicyclic) bond motifs is 1. The Morgan fingerprint density at radius 1 is 1.17 bits per heavy atom. The van der Waals surface area contributed by atoms with Crippen molar-refractivity contribution in [2.45, 2.75) is 43.5 Å². The highest BCUT2D eigenvalue weighted by molar-refractivity contribution is 7.89. The lowest BCUT2D eigenvalue weighted by Crippen LogP contribution is -2.51. The number of sulfonamides is 1. The number of piperidine rings is 1. The zero-order chi connectivity index (χ0) is 16.6. The zero-order valence-corrected chi connectivity index (χ0v) is 14.6. The highest BCUT2D eigenvalue weighted by Crippen LogP contribution is 2.32. The van der Waals surface area contributed by atoms with Gasteiger partial charge in [0, 0.05) is 32.6 Å². The maximum Gasteiger partial charge on any atom is 0.243 e. The topological polar surface area (TPSA) is 57.7 Å². The number of hydrogen-bond acceptors (Lipinski definition) is 3. The molecular formula is C17H24N2O3S. The zero-order valence-electron chi connectivity index (χ0n) is 13.7. The number of amides is 1. The van der Waals surface area contributed by atoms with E-state index < -0.39 is 10.0 Å². The molecule has 6 heteroatoms. The van der Waals surface area contributed by atoms with Crippen LogP contribution in [0.4, 0.5) is 0 Å². The summed E-state index contributed by atoms with van der Waals surface area (Å²) in [5.41, 5.74) is 0.780. The molecule has 1 aromatic rings. The maximum atomic E-state index is 13.0. The minimum absolute atomic E-state index is 0.174. The Bertz CT molecular complexity index is 702. The average Bonchev–Trinajstić information content (AvgIpc) is 2.67. The normalized spacial score (nSPS) is 26.7. The first-order valence-electron chi connectivity index (χ1n) is 8.22. The molecule has 0 N–H and O–H groups in total. The fourth-order valence-corrected chi connectivity index (χ4v) is 5.60. The predicted molar refractivity (Wildman–Crippen MR) is 88.5 cm³/mol. The Hall–Kier alpha value is -1.40. The molecule has 2 aliphatic rings. The number of carbonyl (C=O) groups excluding carboxylic acids is 1. The molecule has 0 spiro atoms. The van der Waals surface area contributed by atoms with Crippen molar-refractivity contribution in [3.8, 4) is 0 Å². The summed E-state index contributed by atoms with van der Waals surface area (Å²) in [7, 11) is -1.60. The minimum atomic E-state index is -3.46. The highest BCUT2D eigenvalue weighted by Gasteiger charge is 2.39. The minimum Gasteiger partial charge on any atom is -0.342 e. The van der Waals surface area contributed by atoms with Crippen LogP contribution in [0.1, 0.15) is 31.2 Å². The van der Waals surface area contributed by atoms with E-state index in [1.54, 1.807) is 16.4 Å². The van der Waals surface area contributed by atoms with E-state index in [2.05, 4.69) is 0 Å². The SMILES string of the molecule is Cc1ccccc1S(=O)(=O)N1CC[C@@H]2[C@@H](CCCC(=O)N2C)C1. The van der Waals surface area contributed by atoms with Crippen molar-refractivity contribution in [2.75, 3.05) is 20.1 Å². The molecule has 2 saturated heterocycles. The molecule has 2 aliphatic heterocycles. The summed E-state index contributed by atoms with van der Waals surface area (Å²) in [6.07, 6.45) is 3.06. The van der Waals surface area contributed by atoms with E-state index in [4.69, 9.17) is 0 Å². The molecule has 23 heavy (non-hydrogen) atoms. The van der Waals surface area contributed by atoms with E-state index in [0.29, 0.717) is 24.4 Å². The molecule has 5 nitrogen and oxygen atoms in total. The van der Waals surface area contributed by atoms with Crippen molar-refractivity contribution in [1.82, 2.24) is 9.21 Å². The Labute approximate surface area is 138 Å². The van der Waals surface area contributed by atoms with Crippen molar-refractivity contribution in [3.63, 3.8) is 0 Å². The van der Waals surface area contributed by atoms with Gasteiger partial charge in [0.25, 0.3) is 0 Å². The fourth-order valence-electron chi connectivity index (χ4n) is 3.86. The third-order valence-electron chi connectivity index (χ3n) is 5.22.